The Morgan fingerprint density at radius 1 is 1.23 bits per heavy atom. The summed E-state index contributed by atoms with van der Waals surface area (Å²) in [5.74, 6) is 1.55. The normalized spacial score (nSPS) is 10.4. The number of hydrogen-bond donors (Lipinski definition) is 2. The average Bonchev–Trinajstić information content (AvgIpc) is 2.98. The number of para-hydroxylation sites is 1. The molecule has 0 atom stereocenters. The van der Waals surface area contributed by atoms with E-state index in [1.165, 1.54) is 5.56 Å². The van der Waals surface area contributed by atoms with Crippen molar-refractivity contribution in [3.63, 3.8) is 0 Å². The van der Waals surface area contributed by atoms with Gasteiger partial charge in [-0.15, -0.1) is 0 Å². The first kappa shape index (κ1) is 14.0. The molecule has 0 bridgehead atoms. The number of imidazole rings is 1. The van der Waals surface area contributed by atoms with E-state index in [2.05, 4.69) is 21.4 Å². The Morgan fingerprint density at radius 3 is 2.77 bits per heavy atom. The van der Waals surface area contributed by atoms with Crippen LogP contribution in [0.4, 0.5) is 5.95 Å². The van der Waals surface area contributed by atoms with Crippen molar-refractivity contribution >= 4 is 17.0 Å². The molecule has 0 radical (unpaired) electrons. The monoisotopic (exact) mass is 292 g/mol. The number of nitrogens with zero attached hydrogens (tertiary/aromatic N) is 2. The van der Waals surface area contributed by atoms with Gasteiger partial charge in [-0.05, 0) is 36.2 Å². The van der Waals surface area contributed by atoms with E-state index in [-0.39, 0.29) is 0 Å². The number of methoxy groups -OCH3 is 1. The molecule has 3 rings (SSSR count). The molecule has 0 saturated carbocycles. The minimum absolute atomic E-state index is 0.581. The van der Waals surface area contributed by atoms with Gasteiger partial charge in [0.25, 0.3) is 0 Å². The predicted octanol–water partition coefficient (Wildman–Crippen LogP) is 3.10. The lowest BCUT2D eigenvalue weighted by Gasteiger charge is -2.04. The zero-order chi connectivity index (χ0) is 15.4. The predicted molar refractivity (Wildman–Crippen MR) is 86.0 cm³/mol. The fraction of sp³-hybridized carbons (Fsp3) is 0.176. The van der Waals surface area contributed by atoms with E-state index in [9.17, 15) is 0 Å². The number of nitrogens with one attached hydrogen (secondary N) is 2. The Labute approximate surface area is 128 Å². The maximum absolute atomic E-state index is 9.08. The minimum Gasteiger partial charge on any atom is -0.497 e. The fourth-order valence-electron chi connectivity index (χ4n) is 2.32. The standard InChI is InChI=1S/C17H16N4O/c1-22-14-7-5-12(6-8-14)9-10-19-17-20-15-4-2-3-13(11-18)16(15)21-17/h2-8H,9-10H2,1H3,(H2,19,20,21). The number of aromatic amines is 1. The first-order valence-corrected chi connectivity index (χ1v) is 7.06. The highest BCUT2D eigenvalue weighted by molar-refractivity contribution is 5.83. The lowest BCUT2D eigenvalue weighted by molar-refractivity contribution is 0.414. The van der Waals surface area contributed by atoms with Crippen LogP contribution in [0, 0.1) is 11.3 Å². The van der Waals surface area contributed by atoms with Gasteiger partial charge in [-0.3, -0.25) is 0 Å². The van der Waals surface area contributed by atoms with Crippen LogP contribution >= 0.6 is 0 Å². The van der Waals surface area contributed by atoms with Crippen molar-refractivity contribution < 1.29 is 4.74 Å². The van der Waals surface area contributed by atoms with Crippen LogP contribution in [-0.4, -0.2) is 23.6 Å². The first-order chi connectivity index (χ1) is 10.8. The summed E-state index contributed by atoms with van der Waals surface area (Å²) in [6.07, 6.45) is 0.881. The highest BCUT2D eigenvalue weighted by atomic mass is 16.5. The van der Waals surface area contributed by atoms with Gasteiger partial charge < -0.3 is 15.0 Å². The number of rotatable bonds is 5. The minimum atomic E-state index is 0.581. The summed E-state index contributed by atoms with van der Waals surface area (Å²) in [7, 11) is 1.66. The van der Waals surface area contributed by atoms with Gasteiger partial charge in [-0.2, -0.15) is 5.26 Å². The molecule has 0 aliphatic carbocycles. The van der Waals surface area contributed by atoms with Crippen molar-refractivity contribution in [1.82, 2.24) is 9.97 Å². The van der Waals surface area contributed by atoms with E-state index in [0.717, 1.165) is 24.2 Å². The molecule has 0 aliphatic rings. The first-order valence-electron chi connectivity index (χ1n) is 7.06. The van der Waals surface area contributed by atoms with Crippen molar-refractivity contribution in [3.8, 4) is 11.8 Å². The molecule has 0 saturated heterocycles. The zero-order valence-corrected chi connectivity index (χ0v) is 12.3. The van der Waals surface area contributed by atoms with E-state index < -0.39 is 0 Å². The smallest absolute Gasteiger partial charge is 0.201 e. The maximum Gasteiger partial charge on any atom is 0.201 e. The molecule has 5 heteroatoms. The molecule has 22 heavy (non-hydrogen) atoms. The van der Waals surface area contributed by atoms with Gasteiger partial charge in [-0.25, -0.2) is 4.98 Å². The quantitative estimate of drug-likeness (QED) is 0.758. The molecule has 0 unspecified atom stereocenters. The number of anilines is 1. The van der Waals surface area contributed by atoms with Gasteiger partial charge in [-0.1, -0.05) is 18.2 Å². The Hall–Kier alpha value is -3.00. The second-order valence-electron chi connectivity index (χ2n) is 4.92. The molecule has 2 N–H and O–H groups in total. The van der Waals surface area contributed by atoms with Crippen LogP contribution in [0.5, 0.6) is 5.75 Å². The van der Waals surface area contributed by atoms with E-state index in [4.69, 9.17) is 10.00 Å². The van der Waals surface area contributed by atoms with Gasteiger partial charge in [0.2, 0.25) is 5.95 Å². The molecule has 110 valence electrons. The lowest BCUT2D eigenvalue weighted by atomic mass is 10.1. The van der Waals surface area contributed by atoms with Crippen LogP contribution in [-0.2, 0) is 6.42 Å². The van der Waals surface area contributed by atoms with E-state index in [1.54, 1.807) is 13.2 Å². The summed E-state index contributed by atoms with van der Waals surface area (Å²) in [6, 6.07) is 15.7. The van der Waals surface area contributed by atoms with Gasteiger partial charge in [0.15, 0.2) is 0 Å². The van der Waals surface area contributed by atoms with Gasteiger partial charge in [0.05, 0.1) is 18.2 Å². The van der Waals surface area contributed by atoms with E-state index in [0.29, 0.717) is 17.0 Å². The number of H-pyrrole nitrogens is 1. The Kier molecular flexibility index (Phi) is 3.92. The summed E-state index contributed by atoms with van der Waals surface area (Å²) in [6.45, 7) is 0.758. The van der Waals surface area contributed by atoms with Crippen LogP contribution in [0.15, 0.2) is 42.5 Å². The van der Waals surface area contributed by atoms with Crippen molar-refractivity contribution in [2.24, 2.45) is 0 Å². The van der Waals surface area contributed by atoms with Crippen LogP contribution < -0.4 is 10.1 Å². The molecular weight excluding hydrogens is 276 g/mol. The Morgan fingerprint density at radius 2 is 2.05 bits per heavy atom. The number of benzene rings is 2. The Balaban J connectivity index is 1.65. The number of fused-ring (bicyclic) bond motifs is 1. The van der Waals surface area contributed by atoms with Crippen molar-refractivity contribution in [1.29, 1.82) is 5.26 Å². The number of aromatic nitrogens is 2. The van der Waals surface area contributed by atoms with Crippen molar-refractivity contribution in [2.75, 3.05) is 19.0 Å². The molecule has 3 aromatic rings. The van der Waals surface area contributed by atoms with Crippen LogP contribution in [0.1, 0.15) is 11.1 Å². The summed E-state index contributed by atoms with van der Waals surface area (Å²) >= 11 is 0. The van der Waals surface area contributed by atoms with Gasteiger partial charge in [0, 0.05) is 6.54 Å². The second kappa shape index (κ2) is 6.19. The number of nitriles is 1. The molecular formula is C17H16N4O. The molecule has 5 nitrogen and oxygen atoms in total. The Bertz CT molecular complexity index is 815. The van der Waals surface area contributed by atoms with E-state index in [1.807, 2.05) is 36.4 Å². The summed E-state index contributed by atoms with van der Waals surface area (Å²) < 4.78 is 5.14. The number of hydrogen-bond acceptors (Lipinski definition) is 4. The average molecular weight is 292 g/mol. The van der Waals surface area contributed by atoms with Crippen molar-refractivity contribution in [3.05, 3.63) is 53.6 Å². The topological polar surface area (TPSA) is 73.7 Å². The van der Waals surface area contributed by atoms with Crippen molar-refractivity contribution in [2.45, 2.75) is 6.42 Å². The maximum atomic E-state index is 9.08. The van der Waals surface area contributed by atoms with E-state index >= 15 is 0 Å². The molecule has 2 aromatic carbocycles. The van der Waals surface area contributed by atoms with Crippen LogP contribution in [0.3, 0.4) is 0 Å². The molecule has 0 aliphatic heterocycles. The third-order valence-electron chi connectivity index (χ3n) is 3.50. The zero-order valence-electron chi connectivity index (χ0n) is 12.3. The third-order valence-corrected chi connectivity index (χ3v) is 3.50. The highest BCUT2D eigenvalue weighted by Gasteiger charge is 2.06. The van der Waals surface area contributed by atoms with Gasteiger partial charge >= 0.3 is 0 Å². The summed E-state index contributed by atoms with van der Waals surface area (Å²) in [5.41, 5.74) is 3.38. The second-order valence-corrected chi connectivity index (χ2v) is 4.92. The van der Waals surface area contributed by atoms with Crippen LogP contribution in [0.25, 0.3) is 11.0 Å². The lowest BCUT2D eigenvalue weighted by Crippen LogP contribution is -2.05. The SMILES string of the molecule is COc1ccc(CCNc2nc3c(C#N)cccc3[nH]2)cc1. The highest BCUT2D eigenvalue weighted by Crippen LogP contribution is 2.18. The largest absolute Gasteiger partial charge is 0.497 e. The molecule has 0 amide bonds. The summed E-state index contributed by atoms with van der Waals surface area (Å²) in [5, 5.41) is 12.3. The summed E-state index contributed by atoms with van der Waals surface area (Å²) in [4.78, 5) is 7.61. The fourth-order valence-corrected chi connectivity index (χ4v) is 2.32. The van der Waals surface area contributed by atoms with Crippen LogP contribution in [0.2, 0.25) is 0 Å². The molecule has 0 spiro atoms. The molecule has 1 heterocycles. The molecule has 1 aromatic heterocycles. The molecule has 0 fully saturated rings. The third kappa shape index (κ3) is 2.86. The van der Waals surface area contributed by atoms with Gasteiger partial charge in [0.1, 0.15) is 17.3 Å². The number of ether oxygens (including phenoxy) is 1.